The molecular weight excluding hydrogens is 378 g/mol. The zero-order valence-corrected chi connectivity index (χ0v) is 18.5. The molecule has 0 saturated carbocycles. The van der Waals surface area contributed by atoms with Gasteiger partial charge in [0.15, 0.2) is 0 Å². The first kappa shape index (κ1) is 23.5. The normalized spacial score (nSPS) is 11.7. The van der Waals surface area contributed by atoms with Crippen LogP contribution in [-0.2, 0) is 17.8 Å². The minimum Gasteiger partial charge on any atom is -0.467 e. The molecule has 3 amide bonds. The highest BCUT2D eigenvalue weighted by atomic mass is 16.3. The van der Waals surface area contributed by atoms with Gasteiger partial charge in [-0.3, -0.25) is 4.79 Å². The maximum Gasteiger partial charge on any atom is 0.318 e. The summed E-state index contributed by atoms with van der Waals surface area (Å²) in [4.78, 5) is 29.3. The second kappa shape index (κ2) is 12.7. The van der Waals surface area contributed by atoms with E-state index in [1.54, 1.807) is 16.1 Å². The number of unbranched alkanes of at least 4 members (excludes halogenated alkanes) is 1. The predicted octanol–water partition coefficient (Wildman–Crippen LogP) is 4.46. The fourth-order valence-electron chi connectivity index (χ4n) is 3.16. The molecule has 0 saturated heterocycles. The van der Waals surface area contributed by atoms with Gasteiger partial charge in [0, 0.05) is 19.1 Å². The summed E-state index contributed by atoms with van der Waals surface area (Å²) in [5.41, 5.74) is 1.17. The molecule has 0 fully saturated rings. The highest BCUT2D eigenvalue weighted by molar-refractivity contribution is 5.84. The molecule has 1 N–H and O–H groups in total. The van der Waals surface area contributed by atoms with Gasteiger partial charge in [-0.25, -0.2) is 4.79 Å². The van der Waals surface area contributed by atoms with Crippen molar-refractivity contribution in [1.82, 2.24) is 15.1 Å². The molecule has 0 spiro atoms. The molecule has 1 heterocycles. The lowest BCUT2D eigenvalue weighted by Gasteiger charge is -2.31. The molecule has 0 aliphatic carbocycles. The van der Waals surface area contributed by atoms with Gasteiger partial charge in [0.2, 0.25) is 5.91 Å². The van der Waals surface area contributed by atoms with Gasteiger partial charge in [-0.15, -0.1) is 0 Å². The van der Waals surface area contributed by atoms with Gasteiger partial charge in [-0.1, -0.05) is 50.6 Å². The van der Waals surface area contributed by atoms with E-state index in [-0.39, 0.29) is 24.5 Å². The summed E-state index contributed by atoms with van der Waals surface area (Å²) in [6.07, 6.45) is 5.09. The average molecular weight is 414 g/mol. The number of nitrogens with zero attached hydrogens (tertiary/aromatic N) is 2. The van der Waals surface area contributed by atoms with Crippen LogP contribution in [0.2, 0.25) is 0 Å². The fourth-order valence-corrected chi connectivity index (χ4v) is 3.16. The zero-order valence-electron chi connectivity index (χ0n) is 18.5. The molecule has 30 heavy (non-hydrogen) atoms. The van der Waals surface area contributed by atoms with Gasteiger partial charge in [0.25, 0.3) is 0 Å². The summed E-state index contributed by atoms with van der Waals surface area (Å²) in [5, 5.41) is 2.94. The minimum atomic E-state index is -0.174. The Kier molecular flexibility index (Phi) is 9.98. The summed E-state index contributed by atoms with van der Waals surface area (Å²) in [6, 6.07) is 13.6. The number of hydrogen-bond acceptors (Lipinski definition) is 3. The number of benzene rings is 1. The van der Waals surface area contributed by atoms with E-state index in [2.05, 4.69) is 24.4 Å². The first-order chi connectivity index (χ1) is 14.5. The van der Waals surface area contributed by atoms with E-state index in [4.69, 9.17) is 4.42 Å². The lowest BCUT2D eigenvalue weighted by molar-refractivity contribution is -0.133. The zero-order chi connectivity index (χ0) is 21.8. The van der Waals surface area contributed by atoms with E-state index in [1.807, 2.05) is 44.2 Å². The Morgan fingerprint density at radius 1 is 1.10 bits per heavy atom. The second-order valence-corrected chi connectivity index (χ2v) is 7.60. The topological polar surface area (TPSA) is 65.8 Å². The second-order valence-electron chi connectivity index (χ2n) is 7.60. The molecule has 1 aromatic heterocycles. The highest BCUT2D eigenvalue weighted by Crippen LogP contribution is 2.11. The lowest BCUT2D eigenvalue weighted by Crippen LogP contribution is -2.50. The highest BCUT2D eigenvalue weighted by Gasteiger charge is 2.25. The summed E-state index contributed by atoms with van der Waals surface area (Å²) in [5.74, 6) is 0.659. The molecule has 164 valence electrons. The smallest absolute Gasteiger partial charge is 0.318 e. The van der Waals surface area contributed by atoms with E-state index in [0.717, 1.165) is 31.4 Å². The summed E-state index contributed by atoms with van der Waals surface area (Å²) >= 11 is 0. The van der Waals surface area contributed by atoms with Crippen molar-refractivity contribution < 1.29 is 14.0 Å². The van der Waals surface area contributed by atoms with Crippen molar-refractivity contribution in [3.05, 3.63) is 60.1 Å². The Labute approximate surface area is 180 Å². The van der Waals surface area contributed by atoms with E-state index < -0.39 is 0 Å². The van der Waals surface area contributed by atoms with Crippen LogP contribution in [-0.4, -0.2) is 47.4 Å². The number of carbonyl (C=O) groups excluding carboxylic acids is 2. The van der Waals surface area contributed by atoms with E-state index in [0.29, 0.717) is 19.6 Å². The van der Waals surface area contributed by atoms with Crippen LogP contribution in [0.25, 0.3) is 0 Å². The molecule has 6 heteroatoms. The number of hydrogen-bond donors (Lipinski definition) is 1. The van der Waals surface area contributed by atoms with Crippen LogP contribution >= 0.6 is 0 Å². The monoisotopic (exact) mass is 413 g/mol. The van der Waals surface area contributed by atoms with Crippen LogP contribution in [0.4, 0.5) is 4.79 Å². The van der Waals surface area contributed by atoms with Crippen LogP contribution in [0.3, 0.4) is 0 Å². The Hall–Kier alpha value is -2.76. The van der Waals surface area contributed by atoms with Gasteiger partial charge in [-0.05, 0) is 43.9 Å². The molecule has 1 unspecified atom stereocenters. The van der Waals surface area contributed by atoms with Crippen LogP contribution in [0.1, 0.15) is 51.4 Å². The van der Waals surface area contributed by atoms with Crippen LogP contribution < -0.4 is 5.32 Å². The molecule has 1 atom stereocenters. The number of furan rings is 1. The molecule has 0 radical (unpaired) electrons. The number of amides is 3. The molecule has 2 rings (SSSR count). The van der Waals surface area contributed by atoms with Crippen molar-refractivity contribution in [3.63, 3.8) is 0 Å². The summed E-state index contributed by atoms with van der Waals surface area (Å²) in [6.45, 7) is 7.73. The third kappa shape index (κ3) is 7.58. The van der Waals surface area contributed by atoms with Crippen molar-refractivity contribution in [3.8, 4) is 0 Å². The standard InChI is InChI=1S/C24H35N3O3/c1-4-6-15-25-24(29)27(20(3)5-2)19-23(28)26(18-22-13-10-17-30-22)16-14-21-11-8-7-9-12-21/h7-13,17,20H,4-6,14-16,18-19H2,1-3H3,(H,25,29). The molecule has 0 bridgehead atoms. The summed E-state index contributed by atoms with van der Waals surface area (Å²) in [7, 11) is 0. The Morgan fingerprint density at radius 2 is 1.87 bits per heavy atom. The minimum absolute atomic E-state index is 0.0184. The number of rotatable bonds is 12. The lowest BCUT2D eigenvalue weighted by atomic mass is 10.1. The third-order valence-electron chi connectivity index (χ3n) is 5.29. The number of nitrogens with one attached hydrogen (secondary N) is 1. The van der Waals surface area contributed by atoms with Gasteiger partial charge in [0.05, 0.1) is 12.8 Å². The van der Waals surface area contributed by atoms with Crippen LogP contribution in [0, 0.1) is 0 Å². The Balaban J connectivity index is 2.07. The van der Waals surface area contributed by atoms with Crippen LogP contribution in [0.5, 0.6) is 0 Å². The first-order valence-corrected chi connectivity index (χ1v) is 10.9. The van der Waals surface area contributed by atoms with Gasteiger partial charge in [-0.2, -0.15) is 0 Å². The molecule has 6 nitrogen and oxygen atoms in total. The fraction of sp³-hybridized carbons (Fsp3) is 0.500. The molecule has 2 aromatic rings. The Bertz CT molecular complexity index is 746. The molecular formula is C24H35N3O3. The van der Waals surface area contributed by atoms with Crippen molar-refractivity contribution in [2.75, 3.05) is 19.6 Å². The van der Waals surface area contributed by atoms with Gasteiger partial charge >= 0.3 is 6.03 Å². The van der Waals surface area contributed by atoms with Crippen molar-refractivity contribution in [2.45, 2.75) is 59.0 Å². The van der Waals surface area contributed by atoms with Crippen molar-refractivity contribution in [2.24, 2.45) is 0 Å². The third-order valence-corrected chi connectivity index (χ3v) is 5.29. The quantitative estimate of drug-likeness (QED) is 0.523. The molecule has 0 aliphatic heterocycles. The molecule has 1 aromatic carbocycles. The maximum atomic E-state index is 13.2. The Morgan fingerprint density at radius 3 is 2.50 bits per heavy atom. The predicted molar refractivity (Wildman–Crippen MR) is 119 cm³/mol. The first-order valence-electron chi connectivity index (χ1n) is 10.9. The summed E-state index contributed by atoms with van der Waals surface area (Å²) < 4.78 is 5.47. The number of carbonyl (C=O) groups is 2. The van der Waals surface area contributed by atoms with Gasteiger partial charge < -0.3 is 19.5 Å². The van der Waals surface area contributed by atoms with E-state index in [9.17, 15) is 9.59 Å². The van der Waals surface area contributed by atoms with Gasteiger partial charge in [0.1, 0.15) is 12.3 Å². The van der Waals surface area contributed by atoms with E-state index >= 15 is 0 Å². The average Bonchev–Trinajstić information content (AvgIpc) is 3.28. The molecule has 0 aliphatic rings. The largest absolute Gasteiger partial charge is 0.467 e. The number of urea groups is 1. The van der Waals surface area contributed by atoms with Crippen LogP contribution in [0.15, 0.2) is 53.1 Å². The van der Waals surface area contributed by atoms with Crippen molar-refractivity contribution in [1.29, 1.82) is 0 Å². The SMILES string of the molecule is CCCCNC(=O)N(CC(=O)N(CCc1ccccc1)Cc1ccco1)C(C)CC. The van der Waals surface area contributed by atoms with Crippen molar-refractivity contribution >= 4 is 11.9 Å². The van der Waals surface area contributed by atoms with E-state index in [1.165, 1.54) is 5.56 Å². The maximum absolute atomic E-state index is 13.2.